The number of hydrogen-bond donors (Lipinski definition) is 2. The van der Waals surface area contributed by atoms with Crippen LogP contribution in [0.3, 0.4) is 0 Å². The summed E-state index contributed by atoms with van der Waals surface area (Å²) >= 11 is 0. The van der Waals surface area contributed by atoms with Crippen molar-refractivity contribution >= 4 is 11.9 Å². The van der Waals surface area contributed by atoms with E-state index < -0.39 is 0 Å². The molecule has 24 heavy (non-hydrogen) atoms. The SMILES string of the molecule is CCNC(=NCC1(C)CCCC1)NC1CCN(C(=O)C(C)C)CC1. The Balaban J connectivity index is 1.84. The van der Waals surface area contributed by atoms with E-state index in [-0.39, 0.29) is 11.8 Å². The average Bonchev–Trinajstić information content (AvgIpc) is 3.00. The van der Waals surface area contributed by atoms with Gasteiger partial charge in [0, 0.05) is 38.1 Å². The van der Waals surface area contributed by atoms with Gasteiger partial charge in [0.1, 0.15) is 0 Å². The van der Waals surface area contributed by atoms with Crippen LogP contribution in [0, 0.1) is 11.3 Å². The van der Waals surface area contributed by atoms with Crippen molar-refractivity contribution in [3.8, 4) is 0 Å². The van der Waals surface area contributed by atoms with Gasteiger partial charge in [-0.25, -0.2) is 0 Å². The Kier molecular flexibility index (Phi) is 6.93. The molecule has 0 aromatic rings. The number of piperidine rings is 1. The largest absolute Gasteiger partial charge is 0.357 e. The summed E-state index contributed by atoms with van der Waals surface area (Å²) in [6.45, 7) is 11.9. The highest BCUT2D eigenvalue weighted by atomic mass is 16.2. The monoisotopic (exact) mass is 336 g/mol. The maximum atomic E-state index is 12.1. The number of likely N-dealkylation sites (tertiary alicyclic amines) is 1. The van der Waals surface area contributed by atoms with Crippen molar-refractivity contribution in [2.75, 3.05) is 26.2 Å². The smallest absolute Gasteiger partial charge is 0.225 e. The molecule has 1 aliphatic heterocycles. The third-order valence-electron chi connectivity index (χ3n) is 5.42. The predicted octanol–water partition coefficient (Wildman–Crippen LogP) is 2.77. The molecule has 0 spiro atoms. The Hall–Kier alpha value is -1.26. The lowest BCUT2D eigenvalue weighted by Gasteiger charge is -2.34. The van der Waals surface area contributed by atoms with Gasteiger partial charge >= 0.3 is 0 Å². The molecule has 0 aromatic heterocycles. The third-order valence-corrected chi connectivity index (χ3v) is 5.42. The number of carbonyl (C=O) groups excluding carboxylic acids is 1. The van der Waals surface area contributed by atoms with E-state index in [1.54, 1.807) is 0 Å². The summed E-state index contributed by atoms with van der Waals surface area (Å²) in [4.78, 5) is 18.9. The number of aliphatic imine (C=N–C) groups is 1. The Bertz CT molecular complexity index is 433. The molecule has 1 saturated carbocycles. The fourth-order valence-corrected chi connectivity index (χ4v) is 3.78. The van der Waals surface area contributed by atoms with Gasteiger partial charge in [0.15, 0.2) is 5.96 Å². The van der Waals surface area contributed by atoms with E-state index >= 15 is 0 Å². The van der Waals surface area contributed by atoms with Crippen molar-refractivity contribution in [3.63, 3.8) is 0 Å². The average molecular weight is 337 g/mol. The summed E-state index contributed by atoms with van der Waals surface area (Å²) in [5.74, 6) is 1.32. The van der Waals surface area contributed by atoms with Gasteiger partial charge in [-0.05, 0) is 38.0 Å². The minimum atomic E-state index is 0.0977. The number of guanidine groups is 1. The quantitative estimate of drug-likeness (QED) is 0.599. The summed E-state index contributed by atoms with van der Waals surface area (Å²) in [5.41, 5.74) is 0.384. The molecule has 1 saturated heterocycles. The van der Waals surface area contributed by atoms with E-state index in [0.29, 0.717) is 11.5 Å². The van der Waals surface area contributed by atoms with E-state index in [9.17, 15) is 4.79 Å². The van der Waals surface area contributed by atoms with Crippen LogP contribution >= 0.6 is 0 Å². The maximum Gasteiger partial charge on any atom is 0.225 e. The van der Waals surface area contributed by atoms with Crippen LogP contribution in [0.1, 0.15) is 66.2 Å². The van der Waals surface area contributed by atoms with Crippen LogP contribution in [0.4, 0.5) is 0 Å². The van der Waals surface area contributed by atoms with Gasteiger partial charge in [-0.15, -0.1) is 0 Å². The molecule has 2 aliphatic rings. The molecule has 1 aliphatic carbocycles. The molecule has 0 aromatic carbocycles. The summed E-state index contributed by atoms with van der Waals surface area (Å²) in [5, 5.41) is 6.97. The van der Waals surface area contributed by atoms with Crippen LogP contribution in [0.15, 0.2) is 4.99 Å². The lowest BCUT2D eigenvalue weighted by atomic mass is 9.89. The highest BCUT2D eigenvalue weighted by molar-refractivity contribution is 5.80. The number of rotatable bonds is 5. The maximum absolute atomic E-state index is 12.1. The molecule has 138 valence electrons. The topological polar surface area (TPSA) is 56.7 Å². The molecule has 1 heterocycles. The fourth-order valence-electron chi connectivity index (χ4n) is 3.78. The molecule has 5 nitrogen and oxygen atoms in total. The van der Waals surface area contributed by atoms with Crippen molar-refractivity contribution in [2.24, 2.45) is 16.3 Å². The second kappa shape index (κ2) is 8.72. The third kappa shape index (κ3) is 5.38. The number of hydrogen-bond acceptors (Lipinski definition) is 2. The van der Waals surface area contributed by atoms with E-state index in [1.165, 1.54) is 25.7 Å². The second-order valence-electron chi connectivity index (χ2n) is 8.11. The standard InChI is InChI=1S/C19H36N4O/c1-5-20-18(21-14-19(4)10-6-7-11-19)22-16-8-12-23(13-9-16)17(24)15(2)3/h15-16H,5-14H2,1-4H3,(H2,20,21,22). The Morgan fingerprint density at radius 1 is 1.25 bits per heavy atom. The number of carbonyl (C=O) groups is 1. The molecule has 2 N–H and O–H groups in total. The first-order valence-electron chi connectivity index (χ1n) is 9.77. The van der Waals surface area contributed by atoms with Crippen molar-refractivity contribution in [2.45, 2.75) is 72.3 Å². The van der Waals surface area contributed by atoms with Gasteiger partial charge in [-0.1, -0.05) is 33.6 Å². The van der Waals surface area contributed by atoms with E-state index in [0.717, 1.165) is 45.0 Å². The fraction of sp³-hybridized carbons (Fsp3) is 0.895. The van der Waals surface area contributed by atoms with Crippen LogP contribution in [0.2, 0.25) is 0 Å². The Morgan fingerprint density at radius 2 is 1.88 bits per heavy atom. The molecular formula is C19H36N4O. The van der Waals surface area contributed by atoms with Gasteiger partial charge in [-0.3, -0.25) is 9.79 Å². The molecule has 2 rings (SSSR count). The van der Waals surface area contributed by atoms with Crippen LogP contribution in [0.25, 0.3) is 0 Å². The molecule has 0 atom stereocenters. The van der Waals surface area contributed by atoms with Crippen molar-refractivity contribution in [3.05, 3.63) is 0 Å². The summed E-state index contributed by atoms with van der Waals surface area (Å²) in [6.07, 6.45) is 7.29. The lowest BCUT2D eigenvalue weighted by molar-refractivity contribution is -0.135. The first-order chi connectivity index (χ1) is 11.4. The van der Waals surface area contributed by atoms with Gasteiger partial charge in [0.2, 0.25) is 5.91 Å². The van der Waals surface area contributed by atoms with Crippen LogP contribution in [-0.4, -0.2) is 49.0 Å². The van der Waals surface area contributed by atoms with Crippen molar-refractivity contribution in [1.82, 2.24) is 15.5 Å². The van der Waals surface area contributed by atoms with E-state index in [1.807, 2.05) is 18.7 Å². The minimum absolute atomic E-state index is 0.0977. The molecule has 0 radical (unpaired) electrons. The zero-order valence-electron chi connectivity index (χ0n) is 16.0. The van der Waals surface area contributed by atoms with Crippen LogP contribution in [-0.2, 0) is 4.79 Å². The van der Waals surface area contributed by atoms with Crippen LogP contribution < -0.4 is 10.6 Å². The highest BCUT2D eigenvalue weighted by Gasteiger charge is 2.29. The number of amides is 1. The molecule has 5 heteroatoms. The zero-order valence-corrected chi connectivity index (χ0v) is 16.0. The van der Waals surface area contributed by atoms with Crippen molar-refractivity contribution in [1.29, 1.82) is 0 Å². The zero-order chi connectivity index (χ0) is 17.6. The normalized spacial score (nSPS) is 22.0. The molecule has 1 amide bonds. The molecule has 0 bridgehead atoms. The van der Waals surface area contributed by atoms with Crippen molar-refractivity contribution < 1.29 is 4.79 Å². The van der Waals surface area contributed by atoms with Gasteiger partial charge < -0.3 is 15.5 Å². The predicted molar refractivity (Wildman–Crippen MR) is 100 cm³/mol. The Labute approximate surface area is 147 Å². The number of nitrogens with one attached hydrogen (secondary N) is 2. The van der Waals surface area contributed by atoms with E-state index in [4.69, 9.17) is 4.99 Å². The highest BCUT2D eigenvalue weighted by Crippen LogP contribution is 2.37. The molecule has 0 unspecified atom stereocenters. The first kappa shape index (κ1) is 19.1. The van der Waals surface area contributed by atoms with Crippen LogP contribution in [0.5, 0.6) is 0 Å². The summed E-state index contributed by atoms with van der Waals surface area (Å²) in [6, 6.07) is 0.412. The lowest BCUT2D eigenvalue weighted by Crippen LogP contribution is -2.50. The van der Waals surface area contributed by atoms with Gasteiger partial charge in [0.05, 0.1) is 0 Å². The first-order valence-corrected chi connectivity index (χ1v) is 9.77. The van der Waals surface area contributed by atoms with E-state index in [2.05, 4.69) is 24.5 Å². The summed E-state index contributed by atoms with van der Waals surface area (Å²) in [7, 11) is 0. The number of nitrogens with zero attached hydrogens (tertiary/aromatic N) is 2. The van der Waals surface area contributed by atoms with Gasteiger partial charge in [-0.2, -0.15) is 0 Å². The molecule has 2 fully saturated rings. The summed E-state index contributed by atoms with van der Waals surface area (Å²) < 4.78 is 0. The molecular weight excluding hydrogens is 300 g/mol. The second-order valence-corrected chi connectivity index (χ2v) is 8.11. The Morgan fingerprint density at radius 3 is 2.42 bits per heavy atom. The minimum Gasteiger partial charge on any atom is -0.357 e. The van der Waals surface area contributed by atoms with Gasteiger partial charge in [0.25, 0.3) is 0 Å².